The number of benzene rings is 3. The van der Waals surface area contributed by atoms with Crippen molar-refractivity contribution in [1.82, 2.24) is 25.0 Å². The highest BCUT2D eigenvalue weighted by atomic mass is 15.3. The maximum atomic E-state index is 4.56. The van der Waals surface area contributed by atoms with Crippen LogP contribution in [0.15, 0.2) is 85.5 Å². The van der Waals surface area contributed by atoms with E-state index in [2.05, 4.69) is 75.8 Å². The smallest absolute Gasteiger partial charge is 0.161 e. The second-order valence-electron chi connectivity index (χ2n) is 7.73. The molecule has 0 radical (unpaired) electrons. The van der Waals surface area contributed by atoms with E-state index in [-0.39, 0.29) is 0 Å². The van der Waals surface area contributed by atoms with Gasteiger partial charge in [-0.1, -0.05) is 62.4 Å². The van der Waals surface area contributed by atoms with E-state index in [1.165, 1.54) is 11.9 Å². The molecule has 0 amide bonds. The maximum Gasteiger partial charge on any atom is 0.161 e. The summed E-state index contributed by atoms with van der Waals surface area (Å²) >= 11 is 0. The number of hydrogen-bond donors (Lipinski definition) is 1. The zero-order valence-corrected chi connectivity index (χ0v) is 17.4. The zero-order chi connectivity index (χ0) is 21.2. The Morgan fingerprint density at radius 2 is 1.55 bits per heavy atom. The summed E-state index contributed by atoms with van der Waals surface area (Å²) in [6, 6.07) is 24.7. The van der Waals surface area contributed by atoms with Gasteiger partial charge < -0.3 is 5.32 Å². The second kappa shape index (κ2) is 7.99. The van der Waals surface area contributed by atoms with Crippen LogP contribution in [0.4, 0.5) is 11.5 Å². The van der Waals surface area contributed by atoms with Crippen molar-refractivity contribution >= 4 is 22.3 Å². The van der Waals surface area contributed by atoms with Crippen molar-refractivity contribution in [2.75, 3.05) is 5.32 Å². The highest BCUT2D eigenvalue weighted by Gasteiger charge is 2.12. The predicted molar refractivity (Wildman–Crippen MR) is 124 cm³/mol. The largest absolute Gasteiger partial charge is 0.338 e. The van der Waals surface area contributed by atoms with E-state index >= 15 is 0 Å². The van der Waals surface area contributed by atoms with Crippen LogP contribution >= 0.6 is 0 Å². The Balaban J connectivity index is 1.50. The Labute approximate surface area is 180 Å². The van der Waals surface area contributed by atoms with E-state index < -0.39 is 0 Å². The average molecular weight is 406 g/mol. The van der Waals surface area contributed by atoms with Gasteiger partial charge in [0.1, 0.15) is 18.3 Å². The Hall–Kier alpha value is -4.06. The third-order valence-corrected chi connectivity index (χ3v) is 5.35. The molecular weight excluding hydrogens is 384 g/mol. The van der Waals surface area contributed by atoms with Crippen LogP contribution in [0.25, 0.3) is 27.7 Å². The molecule has 0 aliphatic heterocycles. The van der Waals surface area contributed by atoms with Crippen molar-refractivity contribution in [2.45, 2.75) is 19.8 Å². The van der Waals surface area contributed by atoms with E-state index in [0.717, 1.165) is 39.2 Å². The third kappa shape index (κ3) is 3.75. The first kappa shape index (κ1) is 18.9. The van der Waals surface area contributed by atoms with Crippen molar-refractivity contribution in [3.05, 3.63) is 91.0 Å². The molecule has 0 saturated carbocycles. The molecule has 6 nitrogen and oxygen atoms in total. The van der Waals surface area contributed by atoms with Gasteiger partial charge in [0.25, 0.3) is 0 Å². The summed E-state index contributed by atoms with van der Waals surface area (Å²) in [5, 5.41) is 18.8. The minimum absolute atomic E-state index is 0.505. The van der Waals surface area contributed by atoms with Crippen LogP contribution in [0.5, 0.6) is 0 Å². The summed E-state index contributed by atoms with van der Waals surface area (Å²) < 4.78 is 1.73. The molecule has 2 heterocycles. The van der Waals surface area contributed by atoms with Crippen LogP contribution in [0.1, 0.15) is 25.3 Å². The SMILES string of the molecule is CC(C)c1ccc(Nc2nnc(-c3ccc(-n4cncn4)cc3)c3ccccc23)cc1. The molecule has 0 fully saturated rings. The molecule has 5 rings (SSSR count). The van der Waals surface area contributed by atoms with Crippen LogP contribution < -0.4 is 5.32 Å². The molecule has 0 unspecified atom stereocenters. The lowest BCUT2D eigenvalue weighted by Gasteiger charge is -2.12. The van der Waals surface area contributed by atoms with Gasteiger partial charge in [-0.05, 0) is 35.7 Å². The molecule has 5 aromatic rings. The highest BCUT2D eigenvalue weighted by Crippen LogP contribution is 2.31. The van der Waals surface area contributed by atoms with Crippen LogP contribution in [0.3, 0.4) is 0 Å². The first-order valence-electron chi connectivity index (χ1n) is 10.3. The van der Waals surface area contributed by atoms with E-state index in [0.29, 0.717) is 5.92 Å². The normalized spacial score (nSPS) is 11.2. The number of anilines is 2. The molecule has 31 heavy (non-hydrogen) atoms. The van der Waals surface area contributed by atoms with Gasteiger partial charge in [0.05, 0.1) is 5.69 Å². The van der Waals surface area contributed by atoms with Crippen LogP contribution in [-0.4, -0.2) is 25.0 Å². The van der Waals surface area contributed by atoms with Gasteiger partial charge in [-0.2, -0.15) is 5.10 Å². The Bertz CT molecular complexity index is 1310. The molecule has 152 valence electrons. The molecule has 6 heteroatoms. The van der Waals surface area contributed by atoms with Crippen LogP contribution in [0.2, 0.25) is 0 Å². The highest BCUT2D eigenvalue weighted by molar-refractivity contribution is 6.00. The van der Waals surface area contributed by atoms with Crippen LogP contribution in [-0.2, 0) is 0 Å². The van der Waals surface area contributed by atoms with Gasteiger partial charge in [0.15, 0.2) is 5.82 Å². The fourth-order valence-electron chi connectivity index (χ4n) is 3.61. The Morgan fingerprint density at radius 3 is 2.23 bits per heavy atom. The van der Waals surface area contributed by atoms with E-state index in [1.807, 2.05) is 36.4 Å². The molecule has 0 aliphatic carbocycles. The number of hydrogen-bond acceptors (Lipinski definition) is 5. The number of fused-ring (bicyclic) bond motifs is 1. The summed E-state index contributed by atoms with van der Waals surface area (Å²) in [5.41, 5.74) is 5.10. The number of nitrogens with one attached hydrogen (secondary N) is 1. The van der Waals surface area contributed by atoms with E-state index in [1.54, 1.807) is 11.0 Å². The molecular formula is C25H22N6. The monoisotopic (exact) mass is 406 g/mol. The van der Waals surface area contributed by atoms with Gasteiger partial charge in [0, 0.05) is 22.0 Å². The lowest BCUT2D eigenvalue weighted by atomic mass is 10.0. The van der Waals surface area contributed by atoms with Crippen molar-refractivity contribution in [2.24, 2.45) is 0 Å². The summed E-state index contributed by atoms with van der Waals surface area (Å²) in [4.78, 5) is 4.00. The number of nitrogens with zero attached hydrogens (tertiary/aromatic N) is 5. The van der Waals surface area contributed by atoms with E-state index in [4.69, 9.17) is 0 Å². The maximum absolute atomic E-state index is 4.56. The van der Waals surface area contributed by atoms with Crippen molar-refractivity contribution in [3.8, 4) is 16.9 Å². The van der Waals surface area contributed by atoms with Gasteiger partial charge in [-0.25, -0.2) is 9.67 Å². The fourth-order valence-corrected chi connectivity index (χ4v) is 3.61. The minimum atomic E-state index is 0.505. The molecule has 2 aromatic heterocycles. The van der Waals surface area contributed by atoms with Gasteiger partial charge >= 0.3 is 0 Å². The number of aromatic nitrogens is 5. The molecule has 1 N–H and O–H groups in total. The third-order valence-electron chi connectivity index (χ3n) is 5.35. The van der Waals surface area contributed by atoms with Crippen molar-refractivity contribution in [1.29, 1.82) is 0 Å². The lowest BCUT2D eigenvalue weighted by molar-refractivity contribution is 0.867. The average Bonchev–Trinajstić information content (AvgIpc) is 3.35. The summed E-state index contributed by atoms with van der Waals surface area (Å²) in [6.07, 6.45) is 3.20. The van der Waals surface area contributed by atoms with Gasteiger partial charge in [0.2, 0.25) is 0 Å². The molecule has 0 atom stereocenters. The predicted octanol–water partition coefficient (Wildman–Crippen LogP) is 5.74. The second-order valence-corrected chi connectivity index (χ2v) is 7.73. The topological polar surface area (TPSA) is 68.5 Å². The minimum Gasteiger partial charge on any atom is -0.338 e. The van der Waals surface area contributed by atoms with Crippen molar-refractivity contribution < 1.29 is 0 Å². The Morgan fingerprint density at radius 1 is 0.806 bits per heavy atom. The molecule has 0 spiro atoms. The fraction of sp³-hybridized carbons (Fsp3) is 0.120. The Kier molecular flexibility index (Phi) is 4.88. The molecule has 0 aliphatic rings. The first-order valence-corrected chi connectivity index (χ1v) is 10.3. The van der Waals surface area contributed by atoms with E-state index in [9.17, 15) is 0 Å². The first-order chi connectivity index (χ1) is 15.2. The zero-order valence-electron chi connectivity index (χ0n) is 17.4. The van der Waals surface area contributed by atoms with Crippen LogP contribution in [0, 0.1) is 0 Å². The standard InChI is InChI=1S/C25H22N6/c1-17(2)18-7-11-20(12-8-18)28-25-23-6-4-3-5-22(23)24(29-30-25)19-9-13-21(14-10-19)31-16-26-15-27-31/h3-17H,1-2H3,(H,28,30). The molecule has 0 bridgehead atoms. The summed E-state index contributed by atoms with van der Waals surface area (Å²) in [7, 11) is 0. The lowest BCUT2D eigenvalue weighted by Crippen LogP contribution is -2.00. The number of rotatable bonds is 5. The summed E-state index contributed by atoms with van der Waals surface area (Å²) in [6.45, 7) is 4.39. The molecule has 0 saturated heterocycles. The van der Waals surface area contributed by atoms with Gasteiger partial charge in [-0.15, -0.1) is 10.2 Å². The quantitative estimate of drug-likeness (QED) is 0.403. The van der Waals surface area contributed by atoms with Crippen molar-refractivity contribution in [3.63, 3.8) is 0 Å². The van der Waals surface area contributed by atoms with Gasteiger partial charge in [-0.3, -0.25) is 0 Å². The summed E-state index contributed by atoms with van der Waals surface area (Å²) in [5.74, 6) is 1.25. The molecule has 3 aromatic carbocycles.